The molecule has 0 radical (unpaired) electrons. The molecule has 4 N–H and O–H groups in total. The molecule has 50 heavy (non-hydrogen) atoms. The summed E-state index contributed by atoms with van der Waals surface area (Å²) in [6.07, 6.45) is 8.76. The number of likely N-dealkylation sites (tertiary alicyclic amines) is 1. The first kappa shape index (κ1) is 33.9. The summed E-state index contributed by atoms with van der Waals surface area (Å²) in [6.45, 7) is 4.53. The maximum atomic E-state index is 13.2. The van der Waals surface area contributed by atoms with E-state index in [0.717, 1.165) is 96.3 Å². The summed E-state index contributed by atoms with van der Waals surface area (Å²) >= 11 is 0. The molecule has 4 saturated carbocycles. The number of hydrogen-bond acceptors (Lipinski definition) is 6. The van der Waals surface area contributed by atoms with Crippen LogP contribution in [0.15, 0.2) is 72.8 Å². The Bertz CT molecular complexity index is 1610. The standard InChI is InChI=1S/C42H53N3O5/c1-27-38(24-45-14-4-9-37(45)26-47)49-40(50-39(27)33-12-10-28(25-46)11-13-33)36-8-3-7-35(19-36)34-6-2-5-29(18-34)23-43-41(48)44-42-20-30-15-31(21-42)17-32(16-30)22-42/h2-3,5-8,10-13,18-19,27,30-32,37-40,46-47H,4,9,14-17,20-26H2,1H3,(H2,43,44,48). The highest BCUT2D eigenvalue weighted by atomic mass is 16.7. The number of ether oxygens (including phenoxy) is 2. The zero-order valence-corrected chi connectivity index (χ0v) is 29.3. The minimum Gasteiger partial charge on any atom is -0.395 e. The fourth-order valence-electron chi connectivity index (χ4n) is 10.4. The second-order valence-corrected chi connectivity index (χ2v) is 16.1. The molecule has 2 amide bonds. The molecule has 8 heteroatoms. The number of amides is 2. The molecule has 8 nitrogen and oxygen atoms in total. The third-order valence-electron chi connectivity index (χ3n) is 12.5. The number of nitrogens with one attached hydrogen (secondary N) is 2. The minimum absolute atomic E-state index is 0.00190. The SMILES string of the molecule is CC1C(CN2CCCC2CO)OC(c2cccc(-c3cccc(CNC(=O)NC45CC6CC(CC(C6)C4)C5)c3)c2)OC1c1ccc(CO)cc1. The molecular weight excluding hydrogens is 626 g/mol. The number of aliphatic hydroxyl groups is 2. The van der Waals surface area contributed by atoms with E-state index >= 15 is 0 Å². The highest BCUT2D eigenvalue weighted by Gasteiger charge is 2.51. The Kier molecular flexibility index (Phi) is 9.74. The van der Waals surface area contributed by atoms with E-state index < -0.39 is 6.29 Å². The first-order valence-electron chi connectivity index (χ1n) is 19.0. The van der Waals surface area contributed by atoms with Crippen LogP contribution in [-0.2, 0) is 22.6 Å². The number of carbonyl (C=O) groups is 1. The predicted molar refractivity (Wildman–Crippen MR) is 193 cm³/mol. The molecule has 5 atom stereocenters. The summed E-state index contributed by atoms with van der Waals surface area (Å²) < 4.78 is 13.5. The summed E-state index contributed by atoms with van der Waals surface area (Å²) in [4.78, 5) is 15.5. The van der Waals surface area contributed by atoms with Gasteiger partial charge in [-0.2, -0.15) is 0 Å². The zero-order valence-electron chi connectivity index (χ0n) is 29.3. The van der Waals surface area contributed by atoms with Crippen molar-refractivity contribution in [2.24, 2.45) is 23.7 Å². The van der Waals surface area contributed by atoms with Gasteiger partial charge < -0.3 is 30.3 Å². The van der Waals surface area contributed by atoms with Gasteiger partial charge in [-0.25, -0.2) is 4.79 Å². The first-order chi connectivity index (χ1) is 24.4. The highest BCUT2D eigenvalue weighted by Crippen LogP contribution is 2.55. The van der Waals surface area contributed by atoms with Crippen LogP contribution in [-0.4, -0.2) is 58.5 Å². The van der Waals surface area contributed by atoms with Crippen molar-refractivity contribution in [3.05, 3.63) is 95.1 Å². The molecule has 2 aliphatic heterocycles. The number of carbonyl (C=O) groups excluding carboxylic acids is 1. The van der Waals surface area contributed by atoms with E-state index in [1.54, 1.807) is 0 Å². The van der Waals surface area contributed by atoms with E-state index in [9.17, 15) is 15.0 Å². The molecule has 4 bridgehead atoms. The van der Waals surface area contributed by atoms with Crippen molar-refractivity contribution in [3.63, 3.8) is 0 Å². The van der Waals surface area contributed by atoms with Gasteiger partial charge in [0.2, 0.25) is 0 Å². The van der Waals surface area contributed by atoms with Gasteiger partial charge in [0.15, 0.2) is 6.29 Å². The van der Waals surface area contributed by atoms with Crippen LogP contribution in [0, 0.1) is 23.7 Å². The number of rotatable bonds is 10. The molecule has 4 aliphatic carbocycles. The fourth-order valence-corrected chi connectivity index (χ4v) is 10.4. The van der Waals surface area contributed by atoms with E-state index in [0.29, 0.717) is 6.54 Å². The number of hydrogen-bond donors (Lipinski definition) is 4. The Morgan fingerprint density at radius 2 is 1.56 bits per heavy atom. The molecule has 2 heterocycles. The average Bonchev–Trinajstić information content (AvgIpc) is 3.58. The van der Waals surface area contributed by atoms with Gasteiger partial charge in [-0.05, 0) is 116 Å². The van der Waals surface area contributed by atoms with Crippen LogP contribution in [0.3, 0.4) is 0 Å². The molecule has 0 spiro atoms. The third kappa shape index (κ3) is 7.10. The van der Waals surface area contributed by atoms with Crippen LogP contribution in [0.5, 0.6) is 0 Å². The second-order valence-electron chi connectivity index (χ2n) is 16.1. The smallest absolute Gasteiger partial charge is 0.315 e. The van der Waals surface area contributed by atoms with Crippen molar-refractivity contribution in [2.45, 2.75) is 102 Å². The molecule has 6 aliphatic rings. The Labute approximate surface area is 296 Å². The van der Waals surface area contributed by atoms with Crippen LogP contribution in [0.25, 0.3) is 11.1 Å². The molecule has 3 aromatic rings. The van der Waals surface area contributed by atoms with Gasteiger partial charge in [0.1, 0.15) is 0 Å². The number of nitrogens with zero attached hydrogens (tertiary/aromatic N) is 1. The number of urea groups is 1. The normalized spacial score (nSPS) is 33.4. The monoisotopic (exact) mass is 679 g/mol. The highest BCUT2D eigenvalue weighted by molar-refractivity contribution is 5.75. The molecule has 266 valence electrons. The molecule has 3 aromatic carbocycles. The molecule has 2 saturated heterocycles. The van der Waals surface area contributed by atoms with Gasteiger partial charge in [0, 0.05) is 36.2 Å². The van der Waals surface area contributed by atoms with E-state index in [2.05, 4.69) is 83.1 Å². The maximum absolute atomic E-state index is 13.2. The summed E-state index contributed by atoms with van der Waals surface area (Å²) in [6, 6.07) is 24.9. The minimum atomic E-state index is -0.563. The van der Waals surface area contributed by atoms with Crippen molar-refractivity contribution >= 4 is 6.03 Å². The maximum Gasteiger partial charge on any atom is 0.315 e. The van der Waals surface area contributed by atoms with Crippen molar-refractivity contribution in [2.75, 3.05) is 19.7 Å². The van der Waals surface area contributed by atoms with Crippen molar-refractivity contribution in [1.82, 2.24) is 15.5 Å². The Morgan fingerprint density at radius 1 is 0.860 bits per heavy atom. The van der Waals surface area contributed by atoms with Gasteiger partial charge in [-0.15, -0.1) is 0 Å². The van der Waals surface area contributed by atoms with Crippen LogP contribution >= 0.6 is 0 Å². The van der Waals surface area contributed by atoms with Crippen LogP contribution in [0.4, 0.5) is 4.79 Å². The topological polar surface area (TPSA) is 103 Å². The van der Waals surface area contributed by atoms with E-state index in [-0.39, 0.29) is 49.0 Å². The van der Waals surface area contributed by atoms with Gasteiger partial charge in [-0.3, -0.25) is 4.90 Å². The van der Waals surface area contributed by atoms with Crippen molar-refractivity contribution < 1.29 is 24.5 Å². The molecule has 5 unspecified atom stereocenters. The summed E-state index contributed by atoms with van der Waals surface area (Å²) in [5.41, 5.74) is 6.09. The lowest BCUT2D eigenvalue weighted by molar-refractivity contribution is -0.276. The van der Waals surface area contributed by atoms with Gasteiger partial charge in [-0.1, -0.05) is 67.6 Å². The van der Waals surface area contributed by atoms with Crippen LogP contribution < -0.4 is 10.6 Å². The number of aliphatic hydroxyl groups excluding tert-OH is 2. The first-order valence-corrected chi connectivity index (χ1v) is 19.0. The zero-order chi connectivity index (χ0) is 34.2. The molecule has 6 fully saturated rings. The lowest BCUT2D eigenvalue weighted by Gasteiger charge is -2.56. The lowest BCUT2D eigenvalue weighted by atomic mass is 9.53. The van der Waals surface area contributed by atoms with Crippen LogP contribution in [0.2, 0.25) is 0 Å². The quantitative estimate of drug-likeness (QED) is 0.187. The summed E-state index contributed by atoms with van der Waals surface area (Å²) in [7, 11) is 0. The lowest BCUT2D eigenvalue weighted by Crippen LogP contribution is -2.61. The van der Waals surface area contributed by atoms with Crippen molar-refractivity contribution in [3.8, 4) is 11.1 Å². The summed E-state index contributed by atoms with van der Waals surface area (Å²) in [5, 5.41) is 26.2. The fraction of sp³-hybridized carbons (Fsp3) is 0.548. The largest absolute Gasteiger partial charge is 0.395 e. The predicted octanol–water partition coefficient (Wildman–Crippen LogP) is 6.86. The summed E-state index contributed by atoms with van der Waals surface area (Å²) in [5.74, 6) is 2.46. The second kappa shape index (κ2) is 14.4. The van der Waals surface area contributed by atoms with Crippen molar-refractivity contribution in [1.29, 1.82) is 0 Å². The third-order valence-corrected chi connectivity index (χ3v) is 12.5. The van der Waals surface area contributed by atoms with Gasteiger partial charge in [0.05, 0.1) is 25.4 Å². The number of benzene rings is 3. The Hall–Kier alpha value is -3.27. The van der Waals surface area contributed by atoms with Gasteiger partial charge >= 0.3 is 6.03 Å². The average molecular weight is 680 g/mol. The van der Waals surface area contributed by atoms with E-state index in [4.69, 9.17) is 9.47 Å². The molecule has 0 aromatic heterocycles. The Balaban J connectivity index is 0.971. The Morgan fingerprint density at radius 3 is 2.26 bits per heavy atom. The molecular formula is C42H53N3O5. The van der Waals surface area contributed by atoms with E-state index in [1.807, 2.05) is 12.1 Å². The van der Waals surface area contributed by atoms with Crippen LogP contribution in [0.1, 0.15) is 92.9 Å². The molecule has 9 rings (SSSR count). The van der Waals surface area contributed by atoms with Gasteiger partial charge in [0.25, 0.3) is 0 Å². The van der Waals surface area contributed by atoms with E-state index in [1.165, 1.54) is 19.3 Å².